The monoisotopic (exact) mass is 269 g/mol. The van der Waals surface area contributed by atoms with Crippen LogP contribution in [-0.2, 0) is 15.9 Å². The van der Waals surface area contributed by atoms with Crippen molar-refractivity contribution in [2.45, 2.75) is 6.92 Å². The molecule has 0 aliphatic heterocycles. The summed E-state index contributed by atoms with van der Waals surface area (Å²) in [5.41, 5.74) is 1.07. The fraction of sp³-hybridized carbons (Fsp3) is 0.167. The van der Waals surface area contributed by atoms with Crippen LogP contribution in [0, 0.1) is 6.92 Å². The number of aromatic nitrogens is 1. The maximum atomic E-state index is 4.81. The minimum atomic E-state index is -0.106. The fourth-order valence-corrected chi connectivity index (χ4v) is 0.448. The zero-order chi connectivity index (χ0) is 7.82. The topological polar surface area (TPSA) is 12.9 Å². The van der Waals surface area contributed by atoms with Crippen molar-refractivity contribution in [3.63, 3.8) is 0 Å². The summed E-state index contributed by atoms with van der Waals surface area (Å²) in [6.45, 7) is 1.97. The van der Waals surface area contributed by atoms with Crippen LogP contribution in [0.25, 0.3) is 0 Å². The third-order valence-electron chi connectivity index (χ3n) is 0.813. The van der Waals surface area contributed by atoms with Crippen molar-refractivity contribution in [2.75, 3.05) is 0 Å². The van der Waals surface area contributed by atoms with Gasteiger partial charge >= 0.3 is 35.0 Å². The van der Waals surface area contributed by atoms with Gasteiger partial charge in [0.05, 0.1) is 0 Å². The molecule has 0 saturated carbocycles. The van der Waals surface area contributed by atoms with E-state index in [9.17, 15) is 0 Å². The van der Waals surface area contributed by atoms with Crippen molar-refractivity contribution in [3.05, 3.63) is 30.1 Å². The Kier molecular flexibility index (Phi) is 7.79. The second-order valence-electron chi connectivity index (χ2n) is 1.52. The maximum absolute atomic E-state index is 4.81. The van der Waals surface area contributed by atoms with Gasteiger partial charge in [-0.25, -0.2) is 0 Å². The van der Waals surface area contributed by atoms with E-state index in [1.165, 1.54) is 0 Å². The van der Waals surface area contributed by atoms with E-state index in [-0.39, 0.29) is 15.9 Å². The molecule has 0 radical (unpaired) electrons. The molecule has 10 heavy (non-hydrogen) atoms. The number of pyridine rings is 1. The molecule has 60 valence electrons. The van der Waals surface area contributed by atoms with Crippen LogP contribution in [0.3, 0.4) is 0 Å². The molecule has 0 aliphatic rings. The first-order chi connectivity index (χ1) is 4.81. The van der Waals surface area contributed by atoms with Crippen LogP contribution in [0.1, 0.15) is 5.69 Å². The Bertz CT molecular complexity index is 157. The van der Waals surface area contributed by atoms with Crippen LogP contribution >= 0.6 is 19.1 Å². The molecule has 1 aromatic rings. The number of halogens is 2. The van der Waals surface area contributed by atoms with E-state index in [1.54, 1.807) is 6.20 Å². The minimum absolute atomic E-state index is 0.106. The first-order valence-electron chi connectivity index (χ1n) is 2.51. The van der Waals surface area contributed by atoms with E-state index in [0.717, 1.165) is 5.69 Å². The van der Waals surface area contributed by atoms with E-state index in [4.69, 9.17) is 19.1 Å². The fourth-order valence-electron chi connectivity index (χ4n) is 0.448. The second kappa shape index (κ2) is 7.50. The van der Waals surface area contributed by atoms with Crippen LogP contribution in [0.5, 0.6) is 0 Å². The van der Waals surface area contributed by atoms with Gasteiger partial charge in [0, 0.05) is 11.9 Å². The summed E-state index contributed by atoms with van der Waals surface area (Å²) in [4.78, 5) is 3.98. The van der Waals surface area contributed by atoms with Gasteiger partial charge in [-0.2, -0.15) is 0 Å². The van der Waals surface area contributed by atoms with Crippen molar-refractivity contribution < 1.29 is 15.9 Å². The van der Waals surface area contributed by atoms with Gasteiger partial charge in [0.15, 0.2) is 0 Å². The number of nitrogens with zero attached hydrogens (tertiary/aromatic N) is 1. The Morgan fingerprint density at radius 1 is 1.40 bits per heavy atom. The van der Waals surface area contributed by atoms with Crippen LogP contribution < -0.4 is 0 Å². The Labute approximate surface area is 76.9 Å². The molecular formula is C6H7Cl2NPd. The number of rotatable bonds is 0. The van der Waals surface area contributed by atoms with Crippen molar-refractivity contribution in [3.8, 4) is 0 Å². The Hall–Kier alpha value is 0.392. The van der Waals surface area contributed by atoms with Crippen molar-refractivity contribution in [1.82, 2.24) is 4.98 Å². The van der Waals surface area contributed by atoms with Gasteiger partial charge in [-0.05, 0) is 19.1 Å². The molecule has 0 amide bonds. The summed E-state index contributed by atoms with van der Waals surface area (Å²) >= 11 is -0.106. The van der Waals surface area contributed by atoms with Crippen LogP contribution in [0.4, 0.5) is 0 Å². The number of aryl methyl sites for hydroxylation is 1. The van der Waals surface area contributed by atoms with Crippen LogP contribution in [0.15, 0.2) is 24.4 Å². The standard InChI is InChI=1S/C6H7N.2ClH.Pd/c1-6-4-2-3-5-7-6;;;/h2-5H,1H3;2*1H;/q;;;+2/p-2. The summed E-state index contributed by atoms with van der Waals surface area (Å²) in [5, 5.41) is 0. The number of hydrogen-bond donors (Lipinski definition) is 0. The third-order valence-corrected chi connectivity index (χ3v) is 0.813. The average Bonchev–Trinajstić information content (AvgIpc) is 1.91. The summed E-state index contributed by atoms with van der Waals surface area (Å²) in [7, 11) is 9.63. The molecule has 0 saturated heterocycles. The average molecular weight is 270 g/mol. The molecule has 0 aliphatic carbocycles. The number of hydrogen-bond acceptors (Lipinski definition) is 1. The van der Waals surface area contributed by atoms with Gasteiger partial charge < -0.3 is 0 Å². The molecule has 4 heteroatoms. The molecule has 1 rings (SSSR count). The molecule has 0 aromatic carbocycles. The molecular weight excluding hydrogens is 263 g/mol. The summed E-state index contributed by atoms with van der Waals surface area (Å²) in [6, 6.07) is 5.86. The first kappa shape index (κ1) is 10.4. The van der Waals surface area contributed by atoms with E-state index in [2.05, 4.69) is 4.98 Å². The Morgan fingerprint density at radius 3 is 2.20 bits per heavy atom. The molecule has 0 fully saturated rings. The van der Waals surface area contributed by atoms with E-state index >= 15 is 0 Å². The molecule has 0 N–H and O–H groups in total. The van der Waals surface area contributed by atoms with Gasteiger partial charge in [0.25, 0.3) is 0 Å². The molecule has 0 bridgehead atoms. The molecule has 1 aromatic heterocycles. The van der Waals surface area contributed by atoms with Crippen molar-refractivity contribution >= 4 is 19.1 Å². The van der Waals surface area contributed by atoms with Crippen LogP contribution in [-0.4, -0.2) is 4.98 Å². The zero-order valence-corrected chi connectivity index (χ0v) is 8.40. The molecule has 0 unspecified atom stereocenters. The van der Waals surface area contributed by atoms with Gasteiger partial charge in [-0.15, -0.1) is 0 Å². The van der Waals surface area contributed by atoms with Gasteiger partial charge in [0.2, 0.25) is 0 Å². The predicted octanol–water partition coefficient (Wildman–Crippen LogP) is 2.77. The van der Waals surface area contributed by atoms with Gasteiger partial charge in [0.1, 0.15) is 0 Å². The predicted molar refractivity (Wildman–Crippen MR) is 40.7 cm³/mol. The zero-order valence-electron chi connectivity index (χ0n) is 5.33. The van der Waals surface area contributed by atoms with E-state index in [0.29, 0.717) is 0 Å². The van der Waals surface area contributed by atoms with Gasteiger partial charge in [-0.3, -0.25) is 4.98 Å². The van der Waals surface area contributed by atoms with Crippen molar-refractivity contribution in [2.24, 2.45) is 0 Å². The normalized spacial score (nSPS) is 8.30. The molecule has 0 atom stereocenters. The van der Waals surface area contributed by atoms with Crippen molar-refractivity contribution in [1.29, 1.82) is 0 Å². The summed E-state index contributed by atoms with van der Waals surface area (Å²) < 4.78 is 0. The molecule has 1 heterocycles. The second-order valence-corrected chi connectivity index (χ2v) is 3.88. The molecule has 1 nitrogen and oxygen atoms in total. The van der Waals surface area contributed by atoms with Gasteiger partial charge in [-0.1, -0.05) is 6.07 Å². The Balaban J connectivity index is 0.000000236. The quantitative estimate of drug-likeness (QED) is 0.661. The summed E-state index contributed by atoms with van der Waals surface area (Å²) in [6.07, 6.45) is 1.79. The van der Waals surface area contributed by atoms with Crippen LogP contribution in [0.2, 0.25) is 0 Å². The third kappa shape index (κ3) is 6.51. The van der Waals surface area contributed by atoms with E-state index in [1.807, 2.05) is 25.1 Å². The van der Waals surface area contributed by atoms with E-state index < -0.39 is 0 Å². The summed E-state index contributed by atoms with van der Waals surface area (Å²) in [5.74, 6) is 0. The molecule has 0 spiro atoms. The Morgan fingerprint density at radius 2 is 2.00 bits per heavy atom. The first-order valence-corrected chi connectivity index (χ1v) is 6.51. The SMILES string of the molecule is Cc1ccccn1.[Cl][Pd][Cl].